The lowest BCUT2D eigenvalue weighted by Gasteiger charge is -2.34. The highest BCUT2D eigenvalue weighted by molar-refractivity contribution is 14.0. The van der Waals surface area contributed by atoms with Gasteiger partial charge < -0.3 is 16.0 Å². The third kappa shape index (κ3) is 6.90. The Morgan fingerprint density at radius 3 is 2.36 bits per heavy atom. The SMILES string of the molecule is Cc1cc(C)cc(NC(N)=NCCCN2CCN(c3ncccn3)CC2)c1.I. The minimum Gasteiger partial charge on any atom is -0.370 e. The molecule has 0 unspecified atom stereocenters. The van der Waals surface area contributed by atoms with Gasteiger partial charge in [-0.25, -0.2) is 9.97 Å². The van der Waals surface area contributed by atoms with Crippen molar-refractivity contribution in [1.29, 1.82) is 0 Å². The maximum absolute atomic E-state index is 6.01. The van der Waals surface area contributed by atoms with Crippen LogP contribution in [-0.2, 0) is 0 Å². The van der Waals surface area contributed by atoms with Crippen LogP contribution in [-0.4, -0.2) is 60.1 Å². The Morgan fingerprint density at radius 2 is 1.71 bits per heavy atom. The van der Waals surface area contributed by atoms with Gasteiger partial charge in [-0.2, -0.15) is 0 Å². The molecule has 0 amide bonds. The van der Waals surface area contributed by atoms with Crippen LogP contribution in [0, 0.1) is 13.8 Å². The second-order valence-electron chi connectivity index (χ2n) is 7.00. The van der Waals surface area contributed by atoms with Gasteiger partial charge in [0.2, 0.25) is 5.95 Å². The molecule has 1 fully saturated rings. The first-order chi connectivity index (χ1) is 13.1. The highest BCUT2D eigenvalue weighted by atomic mass is 127. The number of aliphatic imine (C=N–C) groups is 1. The van der Waals surface area contributed by atoms with Crippen LogP contribution in [0.25, 0.3) is 0 Å². The molecule has 0 aliphatic carbocycles. The maximum Gasteiger partial charge on any atom is 0.225 e. The second-order valence-corrected chi connectivity index (χ2v) is 7.00. The maximum atomic E-state index is 6.01. The summed E-state index contributed by atoms with van der Waals surface area (Å²) in [5, 5.41) is 3.18. The monoisotopic (exact) mass is 495 g/mol. The molecular weight excluding hydrogens is 465 g/mol. The van der Waals surface area contributed by atoms with Crippen LogP contribution >= 0.6 is 24.0 Å². The number of nitrogens with two attached hydrogens (primary N) is 1. The molecule has 8 heteroatoms. The predicted octanol–water partition coefficient (Wildman–Crippen LogP) is 2.65. The molecule has 1 aromatic carbocycles. The van der Waals surface area contributed by atoms with Gasteiger partial charge in [-0.1, -0.05) is 6.07 Å². The quantitative estimate of drug-likeness (QED) is 0.278. The molecule has 152 valence electrons. The number of halogens is 1. The zero-order valence-electron chi connectivity index (χ0n) is 16.6. The van der Waals surface area contributed by atoms with Crippen LogP contribution in [0.1, 0.15) is 17.5 Å². The van der Waals surface area contributed by atoms with E-state index in [-0.39, 0.29) is 24.0 Å². The fraction of sp³-hybridized carbons (Fsp3) is 0.450. The van der Waals surface area contributed by atoms with Gasteiger partial charge in [0.25, 0.3) is 0 Å². The molecule has 1 saturated heterocycles. The molecule has 0 saturated carbocycles. The van der Waals surface area contributed by atoms with Crippen molar-refractivity contribution in [1.82, 2.24) is 14.9 Å². The zero-order valence-corrected chi connectivity index (χ0v) is 19.0. The summed E-state index contributed by atoms with van der Waals surface area (Å²) in [4.78, 5) is 17.8. The molecule has 0 radical (unpaired) electrons. The number of benzene rings is 1. The number of piperazine rings is 1. The van der Waals surface area contributed by atoms with Gasteiger partial charge in [0, 0.05) is 57.3 Å². The van der Waals surface area contributed by atoms with E-state index in [0.717, 1.165) is 57.3 Å². The molecule has 3 rings (SSSR count). The van der Waals surface area contributed by atoms with Gasteiger partial charge in [-0.3, -0.25) is 9.89 Å². The molecule has 2 aromatic rings. The molecular formula is C20H30IN7. The normalized spacial score (nSPS) is 15.2. The lowest BCUT2D eigenvalue weighted by atomic mass is 10.1. The van der Waals surface area contributed by atoms with Gasteiger partial charge in [0.1, 0.15) is 0 Å². The van der Waals surface area contributed by atoms with Crippen LogP contribution in [0.2, 0.25) is 0 Å². The summed E-state index contributed by atoms with van der Waals surface area (Å²) in [6, 6.07) is 8.14. The minimum absolute atomic E-state index is 0. The van der Waals surface area contributed by atoms with Gasteiger partial charge >= 0.3 is 0 Å². The molecule has 1 aromatic heterocycles. The van der Waals surface area contributed by atoms with Gasteiger partial charge in [0.15, 0.2) is 5.96 Å². The summed E-state index contributed by atoms with van der Waals surface area (Å²) in [5.74, 6) is 1.30. The number of anilines is 2. The summed E-state index contributed by atoms with van der Waals surface area (Å²) in [6.07, 6.45) is 4.59. The van der Waals surface area contributed by atoms with Crippen molar-refractivity contribution in [3.05, 3.63) is 47.8 Å². The first kappa shape index (κ1) is 22.4. The Bertz CT molecular complexity index is 738. The second kappa shape index (κ2) is 11.2. The number of nitrogens with zero attached hydrogens (tertiary/aromatic N) is 5. The topological polar surface area (TPSA) is 82.7 Å². The van der Waals surface area contributed by atoms with E-state index in [0.29, 0.717) is 5.96 Å². The molecule has 0 atom stereocenters. The van der Waals surface area contributed by atoms with Crippen LogP contribution in [0.15, 0.2) is 41.7 Å². The van der Waals surface area contributed by atoms with Gasteiger partial charge in [0.05, 0.1) is 0 Å². The lowest BCUT2D eigenvalue weighted by Crippen LogP contribution is -2.47. The van der Waals surface area contributed by atoms with E-state index < -0.39 is 0 Å². The van der Waals surface area contributed by atoms with E-state index in [4.69, 9.17) is 5.73 Å². The highest BCUT2D eigenvalue weighted by Gasteiger charge is 2.17. The number of aromatic nitrogens is 2. The van der Waals surface area contributed by atoms with E-state index in [2.05, 4.69) is 62.1 Å². The fourth-order valence-corrected chi connectivity index (χ4v) is 3.35. The Kier molecular flexibility index (Phi) is 8.91. The number of guanidine groups is 1. The smallest absolute Gasteiger partial charge is 0.225 e. The van der Waals surface area contributed by atoms with E-state index in [1.165, 1.54) is 11.1 Å². The number of aryl methyl sites for hydroxylation is 2. The van der Waals surface area contributed by atoms with E-state index in [1.54, 1.807) is 12.4 Å². The third-order valence-electron chi connectivity index (χ3n) is 4.62. The van der Waals surface area contributed by atoms with Crippen molar-refractivity contribution in [3.8, 4) is 0 Å². The third-order valence-corrected chi connectivity index (χ3v) is 4.62. The molecule has 0 spiro atoms. The molecule has 28 heavy (non-hydrogen) atoms. The molecule has 1 aliphatic rings. The number of hydrogen-bond donors (Lipinski definition) is 2. The summed E-state index contributed by atoms with van der Waals surface area (Å²) >= 11 is 0. The average molecular weight is 495 g/mol. The molecule has 2 heterocycles. The molecule has 3 N–H and O–H groups in total. The summed E-state index contributed by atoms with van der Waals surface area (Å²) in [5.41, 5.74) is 9.43. The number of nitrogens with one attached hydrogen (secondary N) is 1. The largest absolute Gasteiger partial charge is 0.370 e. The van der Waals surface area contributed by atoms with Crippen molar-refractivity contribution < 1.29 is 0 Å². The Balaban J connectivity index is 0.00000280. The van der Waals surface area contributed by atoms with E-state index in [1.807, 2.05) is 6.07 Å². The van der Waals surface area contributed by atoms with Crippen LogP contribution in [0.4, 0.5) is 11.6 Å². The first-order valence-corrected chi connectivity index (χ1v) is 9.50. The van der Waals surface area contributed by atoms with Crippen molar-refractivity contribution in [2.45, 2.75) is 20.3 Å². The van der Waals surface area contributed by atoms with Crippen LogP contribution in [0.5, 0.6) is 0 Å². The molecule has 1 aliphatic heterocycles. The Hall–Kier alpha value is -1.94. The summed E-state index contributed by atoms with van der Waals surface area (Å²) in [7, 11) is 0. The standard InChI is InChI=1S/C20H29N7.HI/c1-16-13-17(2)15-18(14-16)25-19(21)22-7-4-8-26-9-11-27(12-10-26)20-23-5-3-6-24-20;/h3,5-6,13-15H,4,7-12H2,1-2H3,(H3,21,22,25);1H. The number of rotatable bonds is 6. The minimum atomic E-state index is 0. The first-order valence-electron chi connectivity index (χ1n) is 9.50. The fourth-order valence-electron chi connectivity index (χ4n) is 3.35. The van der Waals surface area contributed by atoms with Gasteiger partial charge in [-0.05, 0) is 49.6 Å². The van der Waals surface area contributed by atoms with Gasteiger partial charge in [-0.15, -0.1) is 24.0 Å². The molecule has 0 bridgehead atoms. The predicted molar refractivity (Wildman–Crippen MR) is 127 cm³/mol. The van der Waals surface area contributed by atoms with Crippen molar-refractivity contribution in [2.75, 3.05) is 49.5 Å². The zero-order chi connectivity index (χ0) is 19.1. The Labute approximate surface area is 184 Å². The highest BCUT2D eigenvalue weighted by Crippen LogP contribution is 2.13. The van der Waals surface area contributed by atoms with E-state index >= 15 is 0 Å². The van der Waals surface area contributed by atoms with Crippen LogP contribution < -0.4 is 16.0 Å². The molecule has 7 nitrogen and oxygen atoms in total. The number of hydrogen-bond acceptors (Lipinski definition) is 5. The summed E-state index contributed by atoms with van der Waals surface area (Å²) < 4.78 is 0. The average Bonchev–Trinajstić information content (AvgIpc) is 2.66. The van der Waals surface area contributed by atoms with Crippen molar-refractivity contribution in [3.63, 3.8) is 0 Å². The van der Waals surface area contributed by atoms with Crippen molar-refractivity contribution >= 4 is 41.6 Å². The van der Waals surface area contributed by atoms with Crippen LogP contribution in [0.3, 0.4) is 0 Å². The lowest BCUT2D eigenvalue weighted by molar-refractivity contribution is 0.255. The Morgan fingerprint density at radius 1 is 1.07 bits per heavy atom. The van der Waals surface area contributed by atoms with E-state index in [9.17, 15) is 0 Å². The summed E-state index contributed by atoms with van der Waals surface area (Å²) in [6.45, 7) is 9.89. The van der Waals surface area contributed by atoms with Crippen molar-refractivity contribution in [2.24, 2.45) is 10.7 Å².